The fourth-order valence-corrected chi connectivity index (χ4v) is 4.39. The predicted molar refractivity (Wildman–Crippen MR) is 88.0 cm³/mol. The van der Waals surface area contributed by atoms with Crippen LogP contribution in [-0.4, -0.2) is 35.5 Å². The topological polar surface area (TPSA) is 42.4 Å². The molecule has 122 valence electrons. The summed E-state index contributed by atoms with van der Waals surface area (Å²) in [5.74, 6) is 0.331. The molecular formula is C17H26N2O2S. The van der Waals surface area contributed by atoms with Crippen molar-refractivity contribution in [2.75, 3.05) is 19.8 Å². The number of piperidine rings is 1. The first kappa shape index (κ1) is 15.9. The molecule has 2 atom stereocenters. The van der Waals surface area contributed by atoms with Crippen molar-refractivity contribution in [3.63, 3.8) is 0 Å². The first-order valence-corrected chi connectivity index (χ1v) is 9.19. The quantitative estimate of drug-likeness (QED) is 0.836. The minimum Gasteiger partial charge on any atom is -0.381 e. The smallest absolute Gasteiger partial charge is 0.228 e. The normalized spacial score (nSPS) is 26.4. The Morgan fingerprint density at radius 2 is 2.18 bits per heavy atom. The van der Waals surface area contributed by atoms with Crippen LogP contribution in [0.1, 0.15) is 63.2 Å². The summed E-state index contributed by atoms with van der Waals surface area (Å²) in [5.41, 5.74) is 1.20. The van der Waals surface area contributed by atoms with Crippen LogP contribution in [0.4, 0.5) is 0 Å². The number of thiazole rings is 1. The standard InChI is InChI=1S/C17H26N2O2S/c1-17(2,3)14-11-22-15(18-14)13-6-4-5-8-19(13)16(20)12-7-9-21-10-12/h11-13H,4-10H2,1-3H3/t12-,13+/m0/s1. The highest BCUT2D eigenvalue weighted by atomic mass is 32.1. The number of hydrogen-bond acceptors (Lipinski definition) is 4. The zero-order chi connectivity index (χ0) is 15.7. The Labute approximate surface area is 136 Å². The molecule has 0 saturated carbocycles. The molecule has 5 heteroatoms. The fourth-order valence-electron chi connectivity index (χ4n) is 3.20. The Morgan fingerprint density at radius 1 is 1.36 bits per heavy atom. The van der Waals surface area contributed by atoms with E-state index >= 15 is 0 Å². The van der Waals surface area contributed by atoms with Gasteiger partial charge in [0.05, 0.1) is 24.3 Å². The zero-order valence-electron chi connectivity index (χ0n) is 13.8. The average molecular weight is 322 g/mol. The van der Waals surface area contributed by atoms with Gasteiger partial charge in [0.15, 0.2) is 0 Å². The molecule has 2 saturated heterocycles. The molecule has 0 N–H and O–H groups in total. The van der Waals surface area contributed by atoms with Gasteiger partial charge in [0, 0.05) is 23.9 Å². The number of hydrogen-bond donors (Lipinski definition) is 0. The molecule has 2 aliphatic rings. The second-order valence-corrected chi connectivity index (χ2v) is 8.31. The van der Waals surface area contributed by atoms with Crippen molar-refractivity contribution in [1.29, 1.82) is 0 Å². The first-order valence-electron chi connectivity index (χ1n) is 8.31. The Kier molecular flexibility index (Phi) is 4.55. The summed E-state index contributed by atoms with van der Waals surface area (Å²) in [6, 6.07) is 0.169. The monoisotopic (exact) mass is 322 g/mol. The summed E-state index contributed by atoms with van der Waals surface area (Å²) in [6.07, 6.45) is 4.19. The average Bonchev–Trinajstić information content (AvgIpc) is 3.17. The van der Waals surface area contributed by atoms with E-state index in [1.165, 1.54) is 6.42 Å². The Balaban J connectivity index is 1.80. The molecule has 3 rings (SSSR count). The molecule has 22 heavy (non-hydrogen) atoms. The van der Waals surface area contributed by atoms with Gasteiger partial charge in [0.1, 0.15) is 5.01 Å². The fraction of sp³-hybridized carbons (Fsp3) is 0.765. The van der Waals surface area contributed by atoms with E-state index in [9.17, 15) is 4.79 Å². The number of carbonyl (C=O) groups excluding carboxylic acids is 1. The third-order valence-corrected chi connectivity index (χ3v) is 5.59. The van der Waals surface area contributed by atoms with Crippen LogP contribution >= 0.6 is 11.3 Å². The van der Waals surface area contributed by atoms with Crippen molar-refractivity contribution in [3.8, 4) is 0 Å². The van der Waals surface area contributed by atoms with Gasteiger partial charge < -0.3 is 9.64 Å². The molecule has 1 aromatic rings. The van der Waals surface area contributed by atoms with E-state index in [0.717, 1.165) is 43.1 Å². The highest BCUT2D eigenvalue weighted by Crippen LogP contribution is 2.36. The summed E-state index contributed by atoms with van der Waals surface area (Å²) in [5, 5.41) is 3.27. The summed E-state index contributed by atoms with van der Waals surface area (Å²) in [7, 11) is 0. The lowest BCUT2D eigenvalue weighted by Crippen LogP contribution is -2.42. The van der Waals surface area contributed by atoms with Crippen LogP contribution in [0.5, 0.6) is 0 Å². The van der Waals surface area contributed by atoms with Crippen LogP contribution in [0.3, 0.4) is 0 Å². The van der Waals surface area contributed by atoms with Gasteiger partial charge in [-0.15, -0.1) is 11.3 Å². The van der Waals surface area contributed by atoms with Crippen LogP contribution < -0.4 is 0 Å². The molecule has 1 amide bonds. The molecule has 0 spiro atoms. The maximum Gasteiger partial charge on any atom is 0.228 e. The molecule has 1 aromatic heterocycles. The van der Waals surface area contributed by atoms with Crippen molar-refractivity contribution < 1.29 is 9.53 Å². The van der Waals surface area contributed by atoms with Gasteiger partial charge in [-0.2, -0.15) is 0 Å². The van der Waals surface area contributed by atoms with Crippen molar-refractivity contribution in [1.82, 2.24) is 9.88 Å². The number of ether oxygens (including phenoxy) is 1. The number of nitrogens with zero attached hydrogens (tertiary/aromatic N) is 2. The van der Waals surface area contributed by atoms with Gasteiger partial charge in [-0.3, -0.25) is 4.79 Å². The minimum absolute atomic E-state index is 0.0580. The summed E-state index contributed by atoms with van der Waals surface area (Å²) in [6.45, 7) is 8.74. The van der Waals surface area contributed by atoms with Crippen LogP contribution in [0.25, 0.3) is 0 Å². The van der Waals surface area contributed by atoms with Crippen molar-refractivity contribution >= 4 is 17.2 Å². The lowest BCUT2D eigenvalue weighted by atomic mass is 9.93. The van der Waals surface area contributed by atoms with Crippen molar-refractivity contribution in [2.24, 2.45) is 5.92 Å². The SMILES string of the molecule is CC(C)(C)c1csc([C@H]2CCCCN2C(=O)[C@H]2CCOC2)n1. The predicted octanol–water partition coefficient (Wildman–Crippen LogP) is 3.53. The van der Waals surface area contributed by atoms with E-state index in [1.54, 1.807) is 11.3 Å². The van der Waals surface area contributed by atoms with Gasteiger partial charge in [-0.05, 0) is 25.7 Å². The number of amides is 1. The Hall–Kier alpha value is -0.940. The zero-order valence-corrected chi connectivity index (χ0v) is 14.6. The number of carbonyl (C=O) groups is 1. The summed E-state index contributed by atoms with van der Waals surface area (Å²) < 4.78 is 5.40. The minimum atomic E-state index is 0.0580. The molecule has 2 aliphatic heterocycles. The molecule has 2 fully saturated rings. The molecule has 0 bridgehead atoms. The van der Waals surface area contributed by atoms with Crippen LogP contribution in [0.15, 0.2) is 5.38 Å². The van der Waals surface area contributed by atoms with Gasteiger partial charge in [-0.25, -0.2) is 4.98 Å². The van der Waals surface area contributed by atoms with Crippen LogP contribution in [0, 0.1) is 5.92 Å². The third kappa shape index (κ3) is 3.20. The molecule has 4 nitrogen and oxygen atoms in total. The van der Waals surface area contributed by atoms with Gasteiger partial charge in [-0.1, -0.05) is 20.8 Å². The number of aromatic nitrogens is 1. The highest BCUT2D eigenvalue weighted by molar-refractivity contribution is 7.09. The van der Waals surface area contributed by atoms with Gasteiger partial charge in [0.25, 0.3) is 0 Å². The first-order chi connectivity index (χ1) is 10.5. The molecular weight excluding hydrogens is 296 g/mol. The molecule has 0 unspecified atom stereocenters. The number of likely N-dealkylation sites (tertiary alicyclic amines) is 1. The summed E-state index contributed by atoms with van der Waals surface area (Å²) >= 11 is 1.71. The second kappa shape index (κ2) is 6.28. The van der Waals surface area contributed by atoms with Crippen molar-refractivity contribution in [2.45, 2.75) is 57.9 Å². The number of rotatable bonds is 2. The van der Waals surface area contributed by atoms with E-state index in [-0.39, 0.29) is 23.3 Å². The van der Waals surface area contributed by atoms with Crippen LogP contribution in [-0.2, 0) is 14.9 Å². The van der Waals surface area contributed by atoms with Crippen LogP contribution in [0.2, 0.25) is 0 Å². The highest BCUT2D eigenvalue weighted by Gasteiger charge is 2.35. The molecule has 0 aromatic carbocycles. The largest absolute Gasteiger partial charge is 0.381 e. The molecule has 3 heterocycles. The third-order valence-electron chi connectivity index (χ3n) is 4.64. The lowest BCUT2D eigenvalue weighted by Gasteiger charge is -2.36. The van der Waals surface area contributed by atoms with E-state index in [4.69, 9.17) is 9.72 Å². The molecule has 0 radical (unpaired) electrons. The lowest BCUT2D eigenvalue weighted by molar-refractivity contribution is -0.139. The Bertz CT molecular complexity index is 529. The Morgan fingerprint density at radius 3 is 2.82 bits per heavy atom. The second-order valence-electron chi connectivity index (χ2n) is 7.42. The van der Waals surface area contributed by atoms with Gasteiger partial charge >= 0.3 is 0 Å². The van der Waals surface area contributed by atoms with Crippen molar-refractivity contribution in [3.05, 3.63) is 16.1 Å². The summed E-state index contributed by atoms with van der Waals surface area (Å²) in [4.78, 5) is 19.7. The maximum atomic E-state index is 12.8. The van der Waals surface area contributed by atoms with E-state index in [1.807, 2.05) is 0 Å². The van der Waals surface area contributed by atoms with E-state index < -0.39 is 0 Å². The van der Waals surface area contributed by atoms with E-state index in [2.05, 4.69) is 31.1 Å². The van der Waals surface area contributed by atoms with Gasteiger partial charge in [0.2, 0.25) is 5.91 Å². The van der Waals surface area contributed by atoms with E-state index in [0.29, 0.717) is 6.61 Å². The molecule has 0 aliphatic carbocycles. The maximum absolute atomic E-state index is 12.8.